The summed E-state index contributed by atoms with van der Waals surface area (Å²) in [5.41, 5.74) is 5.17. The van der Waals surface area contributed by atoms with Gasteiger partial charge in [0.2, 0.25) is 106 Å². The summed E-state index contributed by atoms with van der Waals surface area (Å²) in [5.74, 6) is -24.1. The van der Waals surface area contributed by atoms with E-state index in [4.69, 9.17) is 5.73 Å². The number of nitrogens with one attached hydrogen (secondary N) is 17. The van der Waals surface area contributed by atoms with Crippen LogP contribution in [0.3, 0.4) is 0 Å². The first kappa shape index (κ1) is 105. The minimum Gasteiger partial charge on any atom is -0.481 e. The predicted molar refractivity (Wildman–Crippen MR) is 413 cm³/mol. The second kappa shape index (κ2) is 53.0. The number of aliphatic carboxylic acids is 4. The van der Waals surface area contributed by atoms with Gasteiger partial charge in [0.1, 0.15) is 90.6 Å². The lowest BCUT2D eigenvalue weighted by molar-refractivity contribution is -0.139. The van der Waals surface area contributed by atoms with Crippen molar-refractivity contribution < 1.29 is 126 Å². The van der Waals surface area contributed by atoms with Gasteiger partial charge in [0, 0.05) is 38.4 Å². The highest BCUT2D eigenvalue weighted by Gasteiger charge is 2.37. The third kappa shape index (κ3) is 43.3. The molecule has 0 bridgehead atoms. The van der Waals surface area contributed by atoms with E-state index in [1.807, 2.05) is 0 Å². The lowest BCUT2D eigenvalue weighted by Gasteiger charge is -2.27. The third-order valence-corrected chi connectivity index (χ3v) is 17.1. The molecular weight excluding hydrogens is 1550 g/mol. The predicted octanol–water partition coefficient (Wildman–Crippen LogP) is -6.31. The summed E-state index contributed by atoms with van der Waals surface area (Å²) < 4.78 is 0. The fourth-order valence-electron chi connectivity index (χ4n) is 10.5. The molecule has 0 aromatic carbocycles. The van der Waals surface area contributed by atoms with Crippen LogP contribution in [0.25, 0.3) is 0 Å². The number of rotatable bonds is 55. The van der Waals surface area contributed by atoms with Gasteiger partial charge in [0.15, 0.2) is 0 Å². The van der Waals surface area contributed by atoms with E-state index in [9.17, 15) is 126 Å². The first-order chi connectivity index (χ1) is 53.8. The molecule has 0 fully saturated rings. The maximum Gasteiger partial charge on any atom is 0.303 e. The number of carboxylic acid groups (broad SMARTS) is 4. The largest absolute Gasteiger partial charge is 0.481 e. The number of amides is 18. The topological polar surface area (TPSA) is 687 Å². The fourth-order valence-corrected chi connectivity index (χ4v) is 10.8. The van der Waals surface area contributed by atoms with Crippen LogP contribution in [-0.2, 0) is 105 Å². The molecular formula is C71H118N18O26S. The molecule has 0 aliphatic carbocycles. The van der Waals surface area contributed by atoms with Crippen LogP contribution >= 0.6 is 12.6 Å². The molecule has 44 nitrogen and oxygen atoms in total. The Bertz CT molecular complexity index is 3510. The van der Waals surface area contributed by atoms with Crippen molar-refractivity contribution in [2.45, 2.75) is 272 Å². The van der Waals surface area contributed by atoms with Crippen molar-refractivity contribution in [1.82, 2.24) is 90.4 Å². The van der Waals surface area contributed by atoms with E-state index in [0.29, 0.717) is 0 Å². The lowest BCUT2D eigenvalue weighted by Crippen LogP contribution is -2.60. The normalized spacial score (nSPS) is 14.9. The van der Waals surface area contributed by atoms with Crippen LogP contribution in [0, 0.1) is 23.7 Å². The Balaban J connectivity index is 6.41. The molecule has 0 aromatic heterocycles. The number of carbonyl (C=O) groups is 22. The monoisotopic (exact) mass is 1670 g/mol. The highest BCUT2D eigenvalue weighted by atomic mass is 32.1. The van der Waals surface area contributed by atoms with E-state index >= 15 is 0 Å². The van der Waals surface area contributed by atoms with Gasteiger partial charge >= 0.3 is 23.9 Å². The molecule has 15 atom stereocenters. The van der Waals surface area contributed by atoms with Gasteiger partial charge in [0.05, 0.1) is 13.1 Å². The van der Waals surface area contributed by atoms with Crippen LogP contribution in [0.5, 0.6) is 0 Å². The molecule has 0 aromatic rings. The number of thiol groups is 1. The van der Waals surface area contributed by atoms with Gasteiger partial charge in [-0.2, -0.15) is 12.6 Å². The average molecular weight is 1670 g/mol. The molecule has 0 spiro atoms. The summed E-state index contributed by atoms with van der Waals surface area (Å²) >= 11 is 3.91. The van der Waals surface area contributed by atoms with E-state index in [1.165, 1.54) is 34.6 Å². The molecule has 18 amide bonds. The Morgan fingerprint density at radius 3 is 0.724 bits per heavy atom. The van der Waals surface area contributed by atoms with Gasteiger partial charge in [-0.05, 0) is 117 Å². The van der Waals surface area contributed by atoms with E-state index in [0.717, 1.165) is 13.8 Å². The van der Waals surface area contributed by atoms with Crippen molar-refractivity contribution in [3.8, 4) is 0 Å². The van der Waals surface area contributed by atoms with E-state index in [1.54, 1.807) is 55.4 Å². The molecule has 0 heterocycles. The van der Waals surface area contributed by atoms with Crippen LogP contribution in [0.1, 0.15) is 181 Å². The minimum atomic E-state index is -1.75. The Morgan fingerprint density at radius 2 is 0.466 bits per heavy atom. The number of carboxylic acids is 4. The summed E-state index contributed by atoms with van der Waals surface area (Å²) in [5, 5.41) is 78.2. The molecule has 0 aliphatic rings. The van der Waals surface area contributed by atoms with Crippen LogP contribution in [-0.4, -0.2) is 260 Å². The molecule has 116 heavy (non-hydrogen) atoms. The van der Waals surface area contributed by atoms with Crippen LogP contribution in [0.15, 0.2) is 0 Å². The molecule has 0 saturated heterocycles. The first-order valence-corrected chi connectivity index (χ1v) is 38.3. The average Bonchev–Trinajstić information content (AvgIpc) is 0.869. The van der Waals surface area contributed by atoms with Crippen LogP contribution in [0.2, 0.25) is 0 Å². The van der Waals surface area contributed by atoms with Crippen LogP contribution < -0.4 is 96.1 Å². The first-order valence-electron chi connectivity index (χ1n) is 37.6. The number of hydrogen-bond donors (Lipinski definition) is 23. The van der Waals surface area contributed by atoms with Crippen molar-refractivity contribution in [3.63, 3.8) is 0 Å². The van der Waals surface area contributed by atoms with E-state index < -0.39 is 285 Å². The van der Waals surface area contributed by atoms with Gasteiger partial charge in [-0.15, -0.1) is 0 Å². The summed E-state index contributed by atoms with van der Waals surface area (Å²) in [6.45, 7) is 20.5. The maximum absolute atomic E-state index is 14.1. The molecule has 45 heteroatoms. The standard InChI is InChI=1S/C71H118N18O26S/c1-31(2)24-46(88-66(110)44(18-22-55(97)98)82-60(104)35(9)75-41(15)90)68(112)79-37(11)59(103)77-39(13)63(107)87-49(27-34(7)8)71(115)85-43(17-21-54(95)96)65(109)78-40(14)61(105)83-45(19-23-56(99)100)67(111)89-47(25-32(3)4)69(113)80-36(10)58(102)76-38(12)62(106)86-48(26-33(5)6)70(114)84-42(16-20-53(93)94)64(108)74-28-51(91)73-29-52(92)81-50(30-116)57(72)101/h31-40,42-50,116H,16-30H2,1-15H3,(H2,72,101)(H,73,91)(H,74,108)(H,75,90)(H,76,102)(H,77,103)(H,78,109)(H,79,112)(H,80,113)(H,81,92)(H,82,104)(H,83,105)(H,84,114)(H,85,115)(H,86,106)(H,87,107)(H,88,110)(H,89,111)(H,93,94)(H,95,96)(H,97,98)(H,99,100)/t35-,36-,37-,38-,39-,40-,42-,43-,44-,45-,46-,47-,48-,49-,50-/m0/s1. The molecule has 0 rings (SSSR count). The van der Waals surface area contributed by atoms with Crippen LogP contribution in [0.4, 0.5) is 0 Å². The minimum absolute atomic E-state index is 0.0205. The molecule has 0 saturated carbocycles. The van der Waals surface area contributed by atoms with Crippen molar-refractivity contribution in [3.05, 3.63) is 0 Å². The molecule has 654 valence electrons. The van der Waals surface area contributed by atoms with Crippen molar-refractivity contribution in [1.29, 1.82) is 0 Å². The van der Waals surface area contributed by atoms with E-state index in [-0.39, 0.29) is 55.1 Å². The summed E-state index contributed by atoms with van der Waals surface area (Å²) in [7, 11) is 0. The number of primary amides is 1. The van der Waals surface area contributed by atoms with Gasteiger partial charge in [-0.1, -0.05) is 55.4 Å². The van der Waals surface area contributed by atoms with Crippen molar-refractivity contribution >= 4 is 143 Å². The molecule has 0 aliphatic heterocycles. The zero-order valence-corrected chi connectivity index (χ0v) is 68.8. The molecule has 23 N–H and O–H groups in total. The number of nitrogens with two attached hydrogens (primary N) is 1. The Morgan fingerprint density at radius 1 is 0.259 bits per heavy atom. The summed E-state index contributed by atoms with van der Waals surface area (Å²) in [4.78, 5) is 286. The SMILES string of the molecule is CC(=O)N[C@@H](C)C(=O)N[C@@H](CCC(=O)O)C(=O)N[C@@H](CC(C)C)C(=O)N[C@@H](C)C(=O)N[C@@H](C)C(=O)N[C@@H](CC(C)C)C(=O)N[C@@H](CCC(=O)O)C(=O)N[C@@H](C)C(=O)N[C@@H](CCC(=O)O)C(=O)N[C@@H](CC(C)C)C(=O)N[C@@H](C)C(=O)N[C@@H](C)C(=O)N[C@@H](CC(C)C)C(=O)N[C@@H](CCC(=O)O)C(=O)NCC(=O)NCC(=O)N[C@@H](CS)C(N)=O. The highest BCUT2D eigenvalue weighted by Crippen LogP contribution is 2.14. The van der Waals surface area contributed by atoms with Gasteiger partial charge in [-0.3, -0.25) is 105 Å². The van der Waals surface area contributed by atoms with Crippen molar-refractivity contribution in [2.24, 2.45) is 29.4 Å². The smallest absolute Gasteiger partial charge is 0.303 e. The second-order valence-electron chi connectivity index (χ2n) is 29.5. The highest BCUT2D eigenvalue weighted by molar-refractivity contribution is 7.80. The van der Waals surface area contributed by atoms with Gasteiger partial charge < -0.3 is 117 Å². The van der Waals surface area contributed by atoms with E-state index in [2.05, 4.69) is 103 Å². The fraction of sp³-hybridized carbons (Fsp3) is 0.690. The third-order valence-electron chi connectivity index (χ3n) is 16.8. The maximum atomic E-state index is 14.1. The molecule has 0 unspecified atom stereocenters. The zero-order valence-electron chi connectivity index (χ0n) is 67.9. The zero-order chi connectivity index (χ0) is 89.3. The number of hydrogen-bond acceptors (Lipinski definition) is 23. The molecule has 0 radical (unpaired) electrons. The Kier molecular flexibility index (Phi) is 47.8. The van der Waals surface area contributed by atoms with Gasteiger partial charge in [0.25, 0.3) is 0 Å². The Hall–Kier alpha value is -11.3. The lowest BCUT2D eigenvalue weighted by atomic mass is 10.0. The quantitative estimate of drug-likeness (QED) is 0.0252. The summed E-state index contributed by atoms with van der Waals surface area (Å²) in [6, 6.07) is -22.0. The van der Waals surface area contributed by atoms with Gasteiger partial charge in [-0.25, -0.2) is 0 Å². The second-order valence-corrected chi connectivity index (χ2v) is 29.9. The van der Waals surface area contributed by atoms with Crippen molar-refractivity contribution in [2.75, 3.05) is 18.8 Å². The number of carbonyl (C=O) groups excluding carboxylic acids is 18. The summed E-state index contributed by atoms with van der Waals surface area (Å²) in [6.07, 6.45) is -5.19. The Labute approximate surface area is 676 Å².